The number of rotatable bonds is 6. The van der Waals surface area contributed by atoms with Gasteiger partial charge in [-0.3, -0.25) is 14.4 Å². The lowest BCUT2D eigenvalue weighted by molar-refractivity contribution is -0.122. The molecular formula is C21H25ClN4O3. The molecule has 0 spiro atoms. The number of benzene rings is 1. The zero-order valence-corrected chi connectivity index (χ0v) is 17.3. The maximum absolute atomic E-state index is 12.7. The van der Waals surface area contributed by atoms with Gasteiger partial charge < -0.3 is 15.2 Å². The number of aromatic nitrogens is 2. The minimum atomic E-state index is -0.310. The highest BCUT2D eigenvalue weighted by atomic mass is 35.5. The molecule has 29 heavy (non-hydrogen) atoms. The second kappa shape index (κ2) is 9.22. The fraction of sp³-hybridized carbons (Fsp3) is 0.429. The van der Waals surface area contributed by atoms with Crippen molar-refractivity contribution in [2.75, 3.05) is 0 Å². The summed E-state index contributed by atoms with van der Waals surface area (Å²) in [7, 11) is 0. The highest BCUT2D eigenvalue weighted by Gasteiger charge is 2.23. The average Bonchev–Trinajstić information content (AvgIpc) is 3.06. The molecule has 154 valence electrons. The van der Waals surface area contributed by atoms with Gasteiger partial charge in [-0.05, 0) is 38.8 Å². The molecule has 7 nitrogen and oxygen atoms in total. The summed E-state index contributed by atoms with van der Waals surface area (Å²) in [6.07, 6.45) is 3.84. The van der Waals surface area contributed by atoms with Crippen LogP contribution < -0.4 is 10.6 Å². The third-order valence-corrected chi connectivity index (χ3v) is 4.97. The number of halogens is 1. The third kappa shape index (κ3) is 5.67. The van der Waals surface area contributed by atoms with Crippen LogP contribution in [-0.2, 0) is 16.1 Å². The Balaban J connectivity index is 1.84. The molecular weight excluding hydrogens is 392 g/mol. The largest absolute Gasteiger partial charge is 0.352 e. The highest BCUT2D eigenvalue weighted by Crippen LogP contribution is 2.23. The lowest BCUT2D eigenvalue weighted by Gasteiger charge is -2.21. The van der Waals surface area contributed by atoms with E-state index in [-0.39, 0.29) is 41.9 Å². The predicted octanol–water partition coefficient (Wildman–Crippen LogP) is 2.97. The number of Topliss-reactive ketones (excluding diaryl/α,β-unsaturated/α-hetero) is 1. The molecule has 3 rings (SSSR count). The van der Waals surface area contributed by atoms with E-state index in [0.29, 0.717) is 36.5 Å². The SMILES string of the molecule is CC(C)NC(=O)Cn1cc(C(=O)NC2CCC(=O)CC2)nc1-c1cccc(Cl)c1. The number of ketones is 1. The van der Waals surface area contributed by atoms with Crippen LogP contribution in [0.3, 0.4) is 0 Å². The van der Waals surface area contributed by atoms with Crippen molar-refractivity contribution in [3.63, 3.8) is 0 Å². The van der Waals surface area contributed by atoms with Crippen LogP contribution in [0.1, 0.15) is 50.0 Å². The van der Waals surface area contributed by atoms with Crippen LogP contribution in [0, 0.1) is 0 Å². The van der Waals surface area contributed by atoms with E-state index >= 15 is 0 Å². The zero-order valence-electron chi connectivity index (χ0n) is 16.6. The number of hydrogen-bond donors (Lipinski definition) is 2. The number of hydrogen-bond acceptors (Lipinski definition) is 4. The Hall–Kier alpha value is -2.67. The summed E-state index contributed by atoms with van der Waals surface area (Å²) in [4.78, 5) is 40.9. The van der Waals surface area contributed by atoms with E-state index in [0.717, 1.165) is 5.56 Å². The minimum absolute atomic E-state index is 0.0115. The smallest absolute Gasteiger partial charge is 0.271 e. The molecule has 0 bridgehead atoms. The number of imidazole rings is 1. The Labute approximate surface area is 174 Å². The Morgan fingerprint density at radius 3 is 2.66 bits per heavy atom. The van der Waals surface area contributed by atoms with Crippen molar-refractivity contribution in [1.82, 2.24) is 20.2 Å². The number of amides is 2. The molecule has 1 saturated carbocycles. The molecule has 2 N–H and O–H groups in total. The summed E-state index contributed by atoms with van der Waals surface area (Å²) in [6.45, 7) is 3.81. The average molecular weight is 417 g/mol. The number of nitrogens with one attached hydrogen (secondary N) is 2. The van der Waals surface area contributed by atoms with Crippen LogP contribution in [0.2, 0.25) is 5.02 Å². The molecule has 0 saturated heterocycles. The first-order valence-electron chi connectivity index (χ1n) is 9.77. The zero-order chi connectivity index (χ0) is 21.0. The Kier molecular flexibility index (Phi) is 6.69. The lowest BCUT2D eigenvalue weighted by atomic mass is 9.94. The van der Waals surface area contributed by atoms with Crippen LogP contribution >= 0.6 is 11.6 Å². The van der Waals surface area contributed by atoms with Crippen molar-refractivity contribution >= 4 is 29.2 Å². The molecule has 8 heteroatoms. The summed E-state index contributed by atoms with van der Waals surface area (Å²) < 4.78 is 1.66. The van der Waals surface area contributed by atoms with Crippen molar-refractivity contribution in [1.29, 1.82) is 0 Å². The van der Waals surface area contributed by atoms with Crippen molar-refractivity contribution in [2.45, 2.75) is 58.2 Å². The first-order chi connectivity index (χ1) is 13.8. The molecule has 1 fully saturated rings. The van der Waals surface area contributed by atoms with E-state index in [2.05, 4.69) is 15.6 Å². The van der Waals surface area contributed by atoms with Gasteiger partial charge in [-0.15, -0.1) is 0 Å². The third-order valence-electron chi connectivity index (χ3n) is 4.73. The van der Waals surface area contributed by atoms with Crippen LogP contribution in [0.15, 0.2) is 30.5 Å². The quantitative estimate of drug-likeness (QED) is 0.757. The van der Waals surface area contributed by atoms with E-state index in [1.165, 1.54) is 0 Å². The van der Waals surface area contributed by atoms with Gasteiger partial charge in [0.2, 0.25) is 5.91 Å². The summed E-state index contributed by atoms with van der Waals surface area (Å²) in [5.41, 5.74) is 0.950. The Bertz CT molecular complexity index is 912. The molecule has 1 heterocycles. The van der Waals surface area contributed by atoms with E-state index in [1.807, 2.05) is 19.9 Å². The molecule has 1 aromatic heterocycles. The maximum atomic E-state index is 12.7. The number of nitrogens with zero attached hydrogens (tertiary/aromatic N) is 2. The summed E-state index contributed by atoms with van der Waals surface area (Å²) in [5.74, 6) is 0.253. The second-order valence-electron chi connectivity index (χ2n) is 7.60. The molecule has 0 radical (unpaired) electrons. The van der Waals surface area contributed by atoms with Crippen LogP contribution in [0.4, 0.5) is 0 Å². The van der Waals surface area contributed by atoms with Gasteiger partial charge >= 0.3 is 0 Å². The monoisotopic (exact) mass is 416 g/mol. The summed E-state index contributed by atoms with van der Waals surface area (Å²) in [5, 5.41) is 6.34. The van der Waals surface area contributed by atoms with Crippen molar-refractivity contribution in [3.05, 3.63) is 41.2 Å². The second-order valence-corrected chi connectivity index (χ2v) is 8.03. The predicted molar refractivity (Wildman–Crippen MR) is 111 cm³/mol. The molecule has 0 aliphatic heterocycles. The van der Waals surface area contributed by atoms with Crippen molar-refractivity contribution < 1.29 is 14.4 Å². The van der Waals surface area contributed by atoms with Gasteiger partial charge in [0.1, 0.15) is 23.8 Å². The van der Waals surface area contributed by atoms with Gasteiger partial charge in [-0.2, -0.15) is 0 Å². The molecule has 2 aromatic rings. The minimum Gasteiger partial charge on any atom is -0.352 e. The Morgan fingerprint density at radius 1 is 1.28 bits per heavy atom. The van der Waals surface area contributed by atoms with Crippen LogP contribution in [-0.4, -0.2) is 39.2 Å². The maximum Gasteiger partial charge on any atom is 0.271 e. The summed E-state index contributed by atoms with van der Waals surface area (Å²) >= 11 is 6.11. The van der Waals surface area contributed by atoms with Crippen molar-refractivity contribution in [3.8, 4) is 11.4 Å². The topological polar surface area (TPSA) is 93.1 Å². The number of carbonyl (C=O) groups is 3. The lowest BCUT2D eigenvalue weighted by Crippen LogP contribution is -2.37. The highest BCUT2D eigenvalue weighted by molar-refractivity contribution is 6.30. The molecule has 1 aromatic carbocycles. The normalized spacial score (nSPS) is 14.8. The standard InChI is InChI=1S/C21H25ClN4O3/c1-13(2)23-19(28)12-26-11-18(21(29)24-16-6-8-17(27)9-7-16)25-20(26)14-4-3-5-15(22)10-14/h3-5,10-11,13,16H,6-9,12H2,1-2H3,(H,23,28)(H,24,29). The van der Waals surface area contributed by atoms with Crippen LogP contribution in [0.25, 0.3) is 11.4 Å². The molecule has 1 aliphatic rings. The van der Waals surface area contributed by atoms with E-state index in [1.54, 1.807) is 29.0 Å². The van der Waals surface area contributed by atoms with Crippen molar-refractivity contribution in [2.24, 2.45) is 0 Å². The molecule has 1 aliphatic carbocycles. The van der Waals surface area contributed by atoms with Gasteiger partial charge in [0, 0.05) is 41.7 Å². The molecule has 2 amide bonds. The first kappa shape index (κ1) is 21.0. The van der Waals surface area contributed by atoms with Gasteiger partial charge in [0.05, 0.1) is 0 Å². The first-order valence-corrected chi connectivity index (χ1v) is 10.1. The van der Waals surface area contributed by atoms with Gasteiger partial charge in [0.15, 0.2) is 0 Å². The van der Waals surface area contributed by atoms with Gasteiger partial charge in [0.25, 0.3) is 5.91 Å². The van der Waals surface area contributed by atoms with E-state index in [9.17, 15) is 14.4 Å². The fourth-order valence-electron chi connectivity index (χ4n) is 3.37. The number of carbonyl (C=O) groups excluding carboxylic acids is 3. The van der Waals surface area contributed by atoms with E-state index < -0.39 is 0 Å². The fourth-order valence-corrected chi connectivity index (χ4v) is 3.56. The van der Waals surface area contributed by atoms with Gasteiger partial charge in [-0.1, -0.05) is 23.7 Å². The molecule has 0 unspecified atom stereocenters. The van der Waals surface area contributed by atoms with E-state index in [4.69, 9.17) is 11.6 Å². The van der Waals surface area contributed by atoms with Gasteiger partial charge in [-0.25, -0.2) is 4.98 Å². The Morgan fingerprint density at radius 2 is 2.00 bits per heavy atom. The molecule has 0 atom stereocenters. The summed E-state index contributed by atoms with van der Waals surface area (Å²) in [6, 6.07) is 7.10. The van der Waals surface area contributed by atoms with Crippen LogP contribution in [0.5, 0.6) is 0 Å².